The molecule has 1 aliphatic rings. The number of hydrogen-bond acceptors (Lipinski definition) is 7. The number of hydrogen-bond donors (Lipinski definition) is 0. The summed E-state index contributed by atoms with van der Waals surface area (Å²) < 4.78 is 55.1. The molecule has 5 aromatic rings. The molecule has 0 unspecified atom stereocenters. The third-order valence-electron chi connectivity index (χ3n) is 7.10. The number of aryl methyl sites for hydroxylation is 1. The maximum absolute atomic E-state index is 13.3. The summed E-state index contributed by atoms with van der Waals surface area (Å²) in [5.41, 5.74) is 4.21. The fourth-order valence-electron chi connectivity index (χ4n) is 4.82. The van der Waals surface area contributed by atoms with Gasteiger partial charge in [-0.3, -0.25) is 0 Å². The molecule has 41 heavy (non-hydrogen) atoms. The lowest BCUT2D eigenvalue weighted by Gasteiger charge is -2.14. The van der Waals surface area contributed by atoms with Gasteiger partial charge in [-0.1, -0.05) is 24.3 Å². The summed E-state index contributed by atoms with van der Waals surface area (Å²) in [5, 5.41) is 0. The Labute approximate surface area is 234 Å². The SMILES string of the molecule is COc1ncnc(C2CC2)c1-c1nc(OCc2ccc(-c3nc(C(F)(F)F)cn3C(C)C)cc2)cc2c1ncn2C. The predicted molar refractivity (Wildman–Crippen MR) is 145 cm³/mol. The van der Waals surface area contributed by atoms with E-state index >= 15 is 0 Å². The Hall–Kier alpha value is -4.48. The lowest BCUT2D eigenvalue weighted by atomic mass is 10.1. The molecule has 0 aliphatic heterocycles. The van der Waals surface area contributed by atoms with Crippen molar-refractivity contribution in [3.05, 3.63) is 66.1 Å². The zero-order valence-corrected chi connectivity index (χ0v) is 23.0. The number of methoxy groups -OCH3 is 1. The van der Waals surface area contributed by atoms with E-state index in [1.54, 1.807) is 25.6 Å². The molecule has 0 radical (unpaired) electrons. The fourth-order valence-corrected chi connectivity index (χ4v) is 4.82. The van der Waals surface area contributed by atoms with E-state index in [1.807, 2.05) is 43.7 Å². The van der Waals surface area contributed by atoms with Crippen LogP contribution in [0.15, 0.2) is 49.2 Å². The second kappa shape index (κ2) is 10.2. The van der Waals surface area contributed by atoms with Gasteiger partial charge in [0.25, 0.3) is 0 Å². The van der Waals surface area contributed by atoms with E-state index in [1.165, 1.54) is 10.9 Å². The molecule has 12 heteroatoms. The maximum atomic E-state index is 13.3. The molecule has 1 aliphatic carbocycles. The first-order valence-electron chi connectivity index (χ1n) is 13.2. The molecule has 0 bridgehead atoms. The second-order valence-corrected chi connectivity index (χ2v) is 10.4. The van der Waals surface area contributed by atoms with E-state index < -0.39 is 11.9 Å². The van der Waals surface area contributed by atoms with Crippen LogP contribution in [0.4, 0.5) is 13.2 Å². The van der Waals surface area contributed by atoms with Gasteiger partial charge in [-0.15, -0.1) is 0 Å². The maximum Gasteiger partial charge on any atom is 0.434 e. The third-order valence-corrected chi connectivity index (χ3v) is 7.10. The van der Waals surface area contributed by atoms with Crippen LogP contribution < -0.4 is 9.47 Å². The van der Waals surface area contributed by atoms with Gasteiger partial charge in [-0.2, -0.15) is 13.2 Å². The van der Waals surface area contributed by atoms with Crippen LogP contribution in [0.3, 0.4) is 0 Å². The molecule has 1 fully saturated rings. The molecule has 6 rings (SSSR count). The Bertz CT molecular complexity index is 1720. The largest absolute Gasteiger partial charge is 0.480 e. The molecule has 1 aromatic carbocycles. The van der Waals surface area contributed by atoms with Crippen molar-refractivity contribution in [1.82, 2.24) is 34.1 Å². The quantitative estimate of drug-likeness (QED) is 0.217. The molecule has 212 valence electrons. The van der Waals surface area contributed by atoms with E-state index in [0.29, 0.717) is 34.5 Å². The molecule has 0 saturated heterocycles. The van der Waals surface area contributed by atoms with Crippen LogP contribution in [0, 0.1) is 0 Å². The highest BCUT2D eigenvalue weighted by atomic mass is 19.4. The second-order valence-electron chi connectivity index (χ2n) is 10.4. The zero-order valence-electron chi connectivity index (χ0n) is 23.0. The monoisotopic (exact) mass is 563 g/mol. The van der Waals surface area contributed by atoms with Gasteiger partial charge in [-0.25, -0.2) is 24.9 Å². The Balaban J connectivity index is 1.30. The smallest absolute Gasteiger partial charge is 0.434 e. The van der Waals surface area contributed by atoms with Crippen molar-refractivity contribution in [2.24, 2.45) is 7.05 Å². The molecule has 0 N–H and O–H groups in total. The Kier molecular flexibility index (Phi) is 6.63. The van der Waals surface area contributed by atoms with Gasteiger partial charge in [0.2, 0.25) is 11.8 Å². The minimum absolute atomic E-state index is 0.187. The van der Waals surface area contributed by atoms with Crippen molar-refractivity contribution >= 4 is 11.0 Å². The number of aromatic nitrogens is 7. The lowest BCUT2D eigenvalue weighted by Crippen LogP contribution is -2.05. The fraction of sp³-hybridized carbons (Fsp3) is 0.345. The summed E-state index contributed by atoms with van der Waals surface area (Å²) in [6.45, 7) is 3.83. The van der Waals surface area contributed by atoms with Gasteiger partial charge in [0, 0.05) is 36.8 Å². The summed E-state index contributed by atoms with van der Waals surface area (Å²) in [5.74, 6) is 1.41. The first-order chi connectivity index (χ1) is 19.6. The summed E-state index contributed by atoms with van der Waals surface area (Å²) >= 11 is 0. The van der Waals surface area contributed by atoms with Gasteiger partial charge >= 0.3 is 6.18 Å². The van der Waals surface area contributed by atoms with Crippen LogP contribution in [0.1, 0.15) is 55.6 Å². The molecule has 0 atom stereocenters. The van der Waals surface area contributed by atoms with E-state index in [0.717, 1.165) is 41.4 Å². The van der Waals surface area contributed by atoms with E-state index in [4.69, 9.17) is 14.5 Å². The number of pyridine rings is 1. The van der Waals surface area contributed by atoms with Gasteiger partial charge < -0.3 is 18.6 Å². The summed E-state index contributed by atoms with van der Waals surface area (Å²) in [6, 6.07) is 8.75. The average molecular weight is 564 g/mol. The van der Waals surface area contributed by atoms with Crippen LogP contribution in [0.2, 0.25) is 0 Å². The highest BCUT2D eigenvalue weighted by Crippen LogP contribution is 2.46. The number of imidazole rings is 2. The average Bonchev–Trinajstić information content (AvgIpc) is 3.58. The van der Waals surface area contributed by atoms with Crippen LogP contribution in [0.25, 0.3) is 33.7 Å². The van der Waals surface area contributed by atoms with Gasteiger partial charge in [0.1, 0.15) is 30.0 Å². The van der Waals surface area contributed by atoms with Crippen molar-refractivity contribution in [2.45, 2.75) is 51.4 Å². The van der Waals surface area contributed by atoms with Crippen LogP contribution in [-0.4, -0.2) is 41.2 Å². The number of nitrogens with zero attached hydrogens (tertiary/aromatic N) is 7. The van der Waals surface area contributed by atoms with Crippen LogP contribution in [0.5, 0.6) is 11.8 Å². The Morgan fingerprint density at radius 1 is 1.05 bits per heavy atom. The molecular weight excluding hydrogens is 535 g/mol. The van der Waals surface area contributed by atoms with Crippen molar-refractivity contribution in [1.29, 1.82) is 0 Å². The van der Waals surface area contributed by atoms with Crippen molar-refractivity contribution < 1.29 is 22.6 Å². The Morgan fingerprint density at radius 2 is 1.80 bits per heavy atom. The lowest BCUT2D eigenvalue weighted by molar-refractivity contribution is -0.140. The van der Waals surface area contributed by atoms with Crippen LogP contribution >= 0.6 is 0 Å². The number of fused-ring (bicyclic) bond motifs is 1. The topological polar surface area (TPSA) is 92.8 Å². The van der Waals surface area contributed by atoms with Gasteiger partial charge in [0.15, 0.2) is 5.69 Å². The number of alkyl halides is 3. The molecule has 4 aromatic heterocycles. The van der Waals surface area contributed by atoms with Crippen molar-refractivity contribution in [3.63, 3.8) is 0 Å². The molecular formula is C29H28F3N7O2. The predicted octanol–water partition coefficient (Wildman–Crippen LogP) is 6.35. The van der Waals surface area contributed by atoms with E-state index in [9.17, 15) is 13.2 Å². The van der Waals surface area contributed by atoms with Crippen LogP contribution in [-0.2, 0) is 19.8 Å². The number of benzene rings is 1. The molecule has 0 spiro atoms. The van der Waals surface area contributed by atoms with Crippen molar-refractivity contribution in [3.8, 4) is 34.4 Å². The number of halogens is 3. The highest BCUT2D eigenvalue weighted by Gasteiger charge is 2.35. The van der Waals surface area contributed by atoms with Gasteiger partial charge in [0.05, 0.1) is 30.2 Å². The minimum atomic E-state index is -4.52. The normalized spacial score (nSPS) is 13.8. The third kappa shape index (κ3) is 5.09. The molecule has 9 nitrogen and oxygen atoms in total. The Morgan fingerprint density at radius 3 is 2.46 bits per heavy atom. The summed E-state index contributed by atoms with van der Waals surface area (Å²) in [6.07, 6.45) is 1.85. The molecule has 0 amide bonds. The molecule has 1 saturated carbocycles. The zero-order chi connectivity index (χ0) is 28.9. The minimum Gasteiger partial charge on any atom is -0.480 e. The standard InChI is InChI=1S/C29H28F3N7O2/c1-16(2)39-12-21(29(30,31)32)36-27(39)19-7-5-17(6-8-19)13-41-22-11-20-25(35-15-38(20)3)26(37-22)23-24(18-9-10-18)33-14-34-28(23)40-4/h5-8,11-12,14-16,18H,9-10,13H2,1-4H3. The number of ether oxygens (including phenoxy) is 2. The van der Waals surface area contributed by atoms with Gasteiger partial charge in [-0.05, 0) is 32.3 Å². The number of rotatable bonds is 8. The first-order valence-corrected chi connectivity index (χ1v) is 13.2. The molecule has 4 heterocycles. The highest BCUT2D eigenvalue weighted by molar-refractivity contribution is 5.92. The van der Waals surface area contributed by atoms with Crippen molar-refractivity contribution in [2.75, 3.05) is 7.11 Å². The summed E-state index contributed by atoms with van der Waals surface area (Å²) in [7, 11) is 3.47. The summed E-state index contributed by atoms with van der Waals surface area (Å²) in [4.78, 5) is 22.2. The first kappa shape index (κ1) is 26.7. The van der Waals surface area contributed by atoms with E-state index in [-0.39, 0.29) is 18.5 Å². The van der Waals surface area contributed by atoms with E-state index in [2.05, 4.69) is 19.9 Å².